The molecule has 2 N–H and O–H groups in total. The molecule has 0 radical (unpaired) electrons. The Bertz CT molecular complexity index is 1230. The largest absolute Gasteiger partial charge is 0.307 e. The number of nitrogens with one attached hydrogen (secondary N) is 2. The van der Waals surface area contributed by atoms with E-state index in [1.165, 1.54) is 16.6 Å². The molecule has 0 aliphatic rings. The molecule has 0 aromatic carbocycles. The van der Waals surface area contributed by atoms with Crippen molar-refractivity contribution in [3.8, 4) is 11.3 Å². The lowest BCUT2D eigenvalue weighted by molar-refractivity contribution is -0.116. The van der Waals surface area contributed by atoms with Crippen LogP contribution in [-0.4, -0.2) is 51.5 Å². The van der Waals surface area contributed by atoms with Crippen LogP contribution in [0.5, 0.6) is 0 Å². The van der Waals surface area contributed by atoms with Gasteiger partial charge >= 0.3 is 0 Å². The molecule has 31 heavy (non-hydrogen) atoms. The van der Waals surface area contributed by atoms with Crippen molar-refractivity contribution < 1.29 is 13.2 Å². The molecule has 10 nitrogen and oxygen atoms in total. The second-order valence-electron chi connectivity index (χ2n) is 6.78. The molecule has 0 saturated heterocycles. The van der Waals surface area contributed by atoms with Gasteiger partial charge in [0.05, 0.1) is 10.6 Å². The van der Waals surface area contributed by atoms with E-state index in [4.69, 9.17) is 0 Å². The van der Waals surface area contributed by atoms with Gasteiger partial charge in [0, 0.05) is 48.9 Å². The average molecular weight is 445 g/mol. The minimum Gasteiger partial charge on any atom is -0.307 e. The van der Waals surface area contributed by atoms with E-state index >= 15 is 0 Å². The van der Waals surface area contributed by atoms with Crippen molar-refractivity contribution in [3.05, 3.63) is 58.8 Å². The summed E-state index contributed by atoms with van der Waals surface area (Å²) in [7, 11) is -3.75. The molecule has 0 unspecified atom stereocenters. The highest BCUT2D eigenvalue weighted by atomic mass is 32.2. The van der Waals surface area contributed by atoms with Gasteiger partial charge in [0.25, 0.3) is 5.56 Å². The molecule has 3 rings (SSSR count). The summed E-state index contributed by atoms with van der Waals surface area (Å²) in [5.74, 6) is -0.174. The van der Waals surface area contributed by atoms with Gasteiger partial charge in [-0.15, -0.1) is 0 Å². The summed E-state index contributed by atoms with van der Waals surface area (Å²) in [4.78, 5) is 28.7. The van der Waals surface area contributed by atoms with Gasteiger partial charge < -0.3 is 9.88 Å². The first-order valence-electron chi connectivity index (χ1n) is 9.73. The van der Waals surface area contributed by atoms with E-state index in [2.05, 4.69) is 20.5 Å². The van der Waals surface area contributed by atoms with Crippen LogP contribution in [0.1, 0.15) is 19.4 Å². The highest BCUT2D eigenvalue weighted by Gasteiger charge is 2.23. The zero-order valence-corrected chi connectivity index (χ0v) is 18.3. The normalized spacial score (nSPS) is 11.6. The molecular formula is C20H24N6O4S. The topological polar surface area (TPSA) is 130 Å². The van der Waals surface area contributed by atoms with Crippen LogP contribution in [0.4, 0.5) is 5.82 Å². The minimum atomic E-state index is -3.75. The van der Waals surface area contributed by atoms with Crippen molar-refractivity contribution in [2.24, 2.45) is 0 Å². The fraction of sp³-hybridized carbons (Fsp3) is 0.300. The molecule has 0 bridgehead atoms. The third-order valence-corrected chi connectivity index (χ3v) is 6.88. The van der Waals surface area contributed by atoms with E-state index in [0.717, 1.165) is 27.5 Å². The Balaban J connectivity index is 1.80. The lowest BCUT2D eigenvalue weighted by atomic mass is 10.1. The van der Waals surface area contributed by atoms with Gasteiger partial charge in [-0.3, -0.25) is 19.7 Å². The lowest BCUT2D eigenvalue weighted by Crippen LogP contribution is -2.33. The number of aromatic amines is 1. The number of carbonyl (C=O) groups excluding carboxylic acids is 1. The van der Waals surface area contributed by atoms with Crippen LogP contribution in [0, 0.1) is 6.92 Å². The SMILES string of the molecule is CCN(CC)S(=O)(=O)c1ccc(=O)n(CC(=O)Nc2n[nH]c(-c3ccncc3)c2C)c1. The number of sulfonamides is 1. The van der Waals surface area contributed by atoms with Crippen molar-refractivity contribution >= 4 is 21.7 Å². The minimum absolute atomic E-state index is 0.0421. The molecule has 11 heteroatoms. The molecule has 1 amide bonds. The number of carbonyl (C=O) groups is 1. The second-order valence-corrected chi connectivity index (χ2v) is 8.71. The highest BCUT2D eigenvalue weighted by Crippen LogP contribution is 2.25. The molecule has 0 spiro atoms. The van der Waals surface area contributed by atoms with Crippen molar-refractivity contribution in [1.82, 2.24) is 24.1 Å². The number of hydrogen-bond acceptors (Lipinski definition) is 6. The average Bonchev–Trinajstić information content (AvgIpc) is 3.11. The number of anilines is 1. The van der Waals surface area contributed by atoms with E-state index in [-0.39, 0.29) is 11.4 Å². The zero-order valence-electron chi connectivity index (χ0n) is 17.5. The third-order valence-electron chi connectivity index (χ3n) is 4.85. The Kier molecular flexibility index (Phi) is 6.66. The van der Waals surface area contributed by atoms with Gasteiger partial charge in [-0.25, -0.2) is 8.42 Å². The van der Waals surface area contributed by atoms with Crippen LogP contribution in [0.3, 0.4) is 0 Å². The maximum atomic E-state index is 12.7. The van der Waals surface area contributed by atoms with Gasteiger partial charge in [-0.2, -0.15) is 9.40 Å². The van der Waals surface area contributed by atoms with Gasteiger partial charge in [-0.1, -0.05) is 13.8 Å². The Morgan fingerprint density at radius 2 is 1.84 bits per heavy atom. The molecule has 3 heterocycles. The number of amides is 1. The van der Waals surface area contributed by atoms with Gasteiger partial charge in [0.1, 0.15) is 6.54 Å². The number of aromatic nitrogens is 4. The number of H-pyrrole nitrogens is 1. The van der Waals surface area contributed by atoms with E-state index in [9.17, 15) is 18.0 Å². The molecule has 0 aliphatic carbocycles. The molecule has 0 aliphatic heterocycles. The van der Waals surface area contributed by atoms with Crippen molar-refractivity contribution in [1.29, 1.82) is 0 Å². The quantitative estimate of drug-likeness (QED) is 0.543. The van der Waals surface area contributed by atoms with Crippen LogP contribution in [0.25, 0.3) is 11.3 Å². The van der Waals surface area contributed by atoms with Gasteiger partial charge in [-0.05, 0) is 25.1 Å². The molecule has 0 saturated carbocycles. The van der Waals surface area contributed by atoms with Crippen LogP contribution < -0.4 is 10.9 Å². The molecule has 3 aromatic rings. The highest BCUT2D eigenvalue weighted by molar-refractivity contribution is 7.89. The van der Waals surface area contributed by atoms with Crippen molar-refractivity contribution in [2.75, 3.05) is 18.4 Å². The summed E-state index contributed by atoms with van der Waals surface area (Å²) in [6.45, 7) is 5.52. The lowest BCUT2D eigenvalue weighted by Gasteiger charge is -2.19. The Labute approximate surface area is 180 Å². The maximum absolute atomic E-state index is 12.7. The fourth-order valence-electron chi connectivity index (χ4n) is 3.14. The standard InChI is InChI=1S/C20H24N6O4S/c1-4-26(5-2)31(29,30)16-6-7-18(28)25(12-16)13-17(27)22-20-14(3)19(23-24-20)15-8-10-21-11-9-15/h6-12H,4-5,13H2,1-3H3,(H2,22,23,24,27). The Hall–Kier alpha value is -3.31. The molecule has 0 atom stereocenters. The summed E-state index contributed by atoms with van der Waals surface area (Å²) >= 11 is 0. The monoisotopic (exact) mass is 444 g/mol. The second kappa shape index (κ2) is 9.23. The molecule has 3 aromatic heterocycles. The molecular weight excluding hydrogens is 420 g/mol. The van der Waals surface area contributed by atoms with E-state index < -0.39 is 21.5 Å². The summed E-state index contributed by atoms with van der Waals surface area (Å²) in [5, 5.41) is 9.67. The van der Waals surface area contributed by atoms with Crippen LogP contribution in [0.2, 0.25) is 0 Å². The van der Waals surface area contributed by atoms with Crippen LogP contribution in [-0.2, 0) is 21.4 Å². The molecule has 0 fully saturated rings. The third kappa shape index (κ3) is 4.72. The molecule has 164 valence electrons. The number of rotatable bonds is 8. The summed E-state index contributed by atoms with van der Waals surface area (Å²) in [6, 6.07) is 6.02. The first-order chi connectivity index (χ1) is 14.8. The predicted molar refractivity (Wildman–Crippen MR) is 116 cm³/mol. The van der Waals surface area contributed by atoms with Gasteiger partial charge in [0.2, 0.25) is 15.9 Å². The van der Waals surface area contributed by atoms with Crippen LogP contribution >= 0.6 is 0 Å². The Morgan fingerprint density at radius 1 is 1.16 bits per heavy atom. The number of pyridine rings is 2. The first kappa shape index (κ1) is 22.4. The number of hydrogen-bond donors (Lipinski definition) is 2. The summed E-state index contributed by atoms with van der Waals surface area (Å²) in [5.41, 5.74) is 1.85. The van der Waals surface area contributed by atoms with Gasteiger partial charge in [0.15, 0.2) is 5.82 Å². The van der Waals surface area contributed by atoms with E-state index in [1.54, 1.807) is 33.2 Å². The number of nitrogens with zero attached hydrogens (tertiary/aromatic N) is 4. The summed E-state index contributed by atoms with van der Waals surface area (Å²) < 4.78 is 27.8. The van der Waals surface area contributed by atoms with Crippen LogP contribution in [0.15, 0.2) is 52.5 Å². The summed E-state index contributed by atoms with van der Waals surface area (Å²) in [6.07, 6.45) is 4.49. The zero-order chi connectivity index (χ0) is 22.6. The fourth-order valence-corrected chi connectivity index (χ4v) is 4.62. The van der Waals surface area contributed by atoms with E-state index in [0.29, 0.717) is 18.9 Å². The Morgan fingerprint density at radius 3 is 2.48 bits per heavy atom. The smallest absolute Gasteiger partial charge is 0.251 e. The van der Waals surface area contributed by atoms with Crippen molar-refractivity contribution in [2.45, 2.75) is 32.2 Å². The van der Waals surface area contributed by atoms with Crippen molar-refractivity contribution in [3.63, 3.8) is 0 Å². The maximum Gasteiger partial charge on any atom is 0.251 e. The predicted octanol–water partition coefficient (Wildman–Crippen LogP) is 1.61. The van der Waals surface area contributed by atoms with E-state index in [1.807, 2.05) is 12.1 Å². The first-order valence-corrected chi connectivity index (χ1v) is 11.2.